The van der Waals surface area contributed by atoms with Gasteiger partial charge in [0.15, 0.2) is 23.3 Å². The molecule has 0 N–H and O–H groups in total. The molecule has 1 aromatic carbocycles. The van der Waals surface area contributed by atoms with Crippen molar-refractivity contribution in [1.29, 1.82) is 0 Å². The molecule has 1 aliphatic carbocycles. The molecule has 0 amide bonds. The van der Waals surface area contributed by atoms with Gasteiger partial charge in [0.05, 0.1) is 11.5 Å². The monoisotopic (exact) mass is 368 g/mol. The highest BCUT2D eigenvalue weighted by Gasteiger charge is 2.61. The van der Waals surface area contributed by atoms with Crippen molar-refractivity contribution in [2.24, 2.45) is 17.3 Å². The van der Waals surface area contributed by atoms with E-state index in [1.165, 1.54) is 0 Å². The Bertz CT molecular complexity index is 785. The number of allylic oxidation sites excluding steroid dienone is 2. The molecule has 140 valence electrons. The van der Waals surface area contributed by atoms with Gasteiger partial charge < -0.3 is 4.74 Å². The number of benzene rings is 1. The second-order valence-electron chi connectivity index (χ2n) is 7.27. The van der Waals surface area contributed by atoms with Crippen molar-refractivity contribution in [3.05, 3.63) is 46.0 Å². The smallest absolute Gasteiger partial charge is 0.310 e. The maximum atomic E-state index is 14.0. The van der Waals surface area contributed by atoms with Gasteiger partial charge in [-0.3, -0.25) is 4.79 Å². The second kappa shape index (κ2) is 7.14. The van der Waals surface area contributed by atoms with E-state index in [1.54, 1.807) is 0 Å². The largest absolute Gasteiger partial charge is 0.460 e. The van der Waals surface area contributed by atoms with Gasteiger partial charge in [-0.05, 0) is 25.2 Å². The van der Waals surface area contributed by atoms with Crippen molar-refractivity contribution in [2.75, 3.05) is 0 Å². The Morgan fingerprint density at radius 3 is 2.08 bits per heavy atom. The van der Waals surface area contributed by atoms with Crippen LogP contribution in [-0.2, 0) is 22.6 Å². The van der Waals surface area contributed by atoms with Crippen LogP contribution in [0, 0.1) is 52.9 Å². The summed E-state index contributed by atoms with van der Waals surface area (Å²) in [4.78, 5) is 12.2. The molecular weight excluding hydrogens is 348 g/mol. The van der Waals surface area contributed by atoms with Gasteiger partial charge in [0, 0.05) is 12.0 Å². The molecule has 0 bridgehead atoms. The number of carbonyl (C=O) groups excluding carboxylic acids is 1. The molecule has 1 aromatic rings. The topological polar surface area (TPSA) is 26.3 Å². The van der Waals surface area contributed by atoms with Crippen LogP contribution >= 0.6 is 0 Å². The van der Waals surface area contributed by atoms with E-state index in [4.69, 9.17) is 11.2 Å². The zero-order valence-electron chi connectivity index (χ0n) is 15.1. The van der Waals surface area contributed by atoms with E-state index in [-0.39, 0.29) is 11.3 Å². The van der Waals surface area contributed by atoms with Crippen LogP contribution in [0.4, 0.5) is 17.6 Å². The van der Waals surface area contributed by atoms with E-state index in [0.717, 1.165) is 5.57 Å². The zero-order chi connectivity index (χ0) is 19.8. The van der Waals surface area contributed by atoms with Crippen LogP contribution in [0.3, 0.4) is 0 Å². The Hall–Kier alpha value is -2.29. The highest BCUT2D eigenvalue weighted by Crippen LogP contribution is 2.59. The number of hydrogen-bond acceptors (Lipinski definition) is 2. The summed E-state index contributed by atoms with van der Waals surface area (Å²) in [6, 6.07) is 0. The Morgan fingerprint density at radius 1 is 1.12 bits per heavy atom. The Kier molecular flexibility index (Phi) is 5.50. The molecule has 0 spiro atoms. The molecule has 0 aromatic heterocycles. The summed E-state index contributed by atoms with van der Waals surface area (Å²) in [5, 5.41) is 0. The summed E-state index contributed by atoms with van der Waals surface area (Å²) in [6.07, 6.45) is 6.29. The number of rotatable bonds is 5. The van der Waals surface area contributed by atoms with Crippen LogP contribution in [0.25, 0.3) is 0 Å². The van der Waals surface area contributed by atoms with Gasteiger partial charge in [-0.1, -0.05) is 25.5 Å². The lowest BCUT2D eigenvalue weighted by molar-refractivity contribution is -0.147. The molecule has 2 unspecified atom stereocenters. The van der Waals surface area contributed by atoms with Gasteiger partial charge in [0.2, 0.25) is 0 Å². The van der Waals surface area contributed by atoms with Crippen LogP contribution in [-0.4, -0.2) is 5.97 Å². The van der Waals surface area contributed by atoms with Crippen molar-refractivity contribution in [3.63, 3.8) is 0 Å². The molecule has 0 aliphatic heterocycles. The maximum Gasteiger partial charge on any atom is 0.310 e. The average Bonchev–Trinajstić information content (AvgIpc) is 3.09. The molecule has 2 nitrogen and oxygen atoms in total. The number of terminal acetylenes is 1. The zero-order valence-corrected chi connectivity index (χ0v) is 15.1. The van der Waals surface area contributed by atoms with Crippen molar-refractivity contribution < 1.29 is 27.1 Å². The van der Waals surface area contributed by atoms with Gasteiger partial charge in [0.25, 0.3) is 0 Å². The fourth-order valence-electron chi connectivity index (χ4n) is 3.14. The molecule has 2 rings (SSSR count). The first-order valence-corrected chi connectivity index (χ1v) is 8.12. The van der Waals surface area contributed by atoms with Crippen LogP contribution in [0.15, 0.2) is 11.6 Å². The maximum absolute atomic E-state index is 14.0. The summed E-state index contributed by atoms with van der Waals surface area (Å²) in [7, 11) is 0. The molecule has 0 heterocycles. The molecule has 2 atom stereocenters. The Morgan fingerprint density at radius 2 is 1.62 bits per heavy atom. The summed E-state index contributed by atoms with van der Waals surface area (Å²) in [5.41, 5.74) is -1.14. The third-order valence-corrected chi connectivity index (χ3v) is 4.76. The molecule has 1 aliphatic rings. The van der Waals surface area contributed by atoms with E-state index < -0.39 is 59.3 Å². The summed E-state index contributed by atoms with van der Waals surface area (Å²) in [6.45, 7) is 6.64. The molecule has 26 heavy (non-hydrogen) atoms. The number of halogens is 4. The fraction of sp³-hybridized carbons (Fsp3) is 0.450. The van der Waals surface area contributed by atoms with Gasteiger partial charge >= 0.3 is 5.97 Å². The molecule has 1 fully saturated rings. The molecule has 1 saturated carbocycles. The van der Waals surface area contributed by atoms with Crippen LogP contribution in [0.1, 0.15) is 38.8 Å². The second-order valence-corrected chi connectivity index (χ2v) is 7.27. The highest BCUT2D eigenvalue weighted by molar-refractivity contribution is 5.78. The molecule has 0 saturated heterocycles. The third-order valence-electron chi connectivity index (χ3n) is 4.76. The minimum absolute atomic E-state index is 0.0545. The van der Waals surface area contributed by atoms with E-state index in [0.29, 0.717) is 0 Å². The normalized spacial score (nSPS) is 20.3. The first kappa shape index (κ1) is 20.0. The van der Waals surface area contributed by atoms with Crippen LogP contribution in [0.2, 0.25) is 0 Å². The van der Waals surface area contributed by atoms with Gasteiger partial charge in [-0.15, -0.1) is 12.3 Å². The lowest BCUT2D eigenvalue weighted by Crippen LogP contribution is -2.14. The Labute approximate surface area is 150 Å². The molecular formula is C20H20F4O2. The van der Waals surface area contributed by atoms with Crippen molar-refractivity contribution >= 4 is 5.97 Å². The minimum Gasteiger partial charge on any atom is -0.460 e. The summed E-state index contributed by atoms with van der Waals surface area (Å²) in [5.74, 6) is -5.59. The first-order valence-electron chi connectivity index (χ1n) is 8.12. The quantitative estimate of drug-likeness (QED) is 0.248. The van der Waals surface area contributed by atoms with E-state index in [2.05, 4.69) is 0 Å². The van der Waals surface area contributed by atoms with Gasteiger partial charge in [-0.25, -0.2) is 17.6 Å². The lowest BCUT2D eigenvalue weighted by atomic mass is 10.1. The number of esters is 1. The van der Waals surface area contributed by atoms with Crippen molar-refractivity contribution in [2.45, 2.75) is 40.7 Å². The number of carbonyl (C=O) groups is 1. The Balaban J connectivity index is 2.20. The number of ether oxygens (including phenoxy) is 1. The standard InChI is InChI=1S/C20H20F4O2/c1-6-7-11-15(21)17(23)12(18(24)16(11)22)9-26-19(25)14-13(8-10(2)3)20(14,4)5/h1,8,13-14H,7,9H2,2-5H3. The molecule has 0 radical (unpaired) electrons. The van der Waals surface area contributed by atoms with E-state index in [9.17, 15) is 22.4 Å². The average molecular weight is 368 g/mol. The van der Waals surface area contributed by atoms with Crippen molar-refractivity contribution in [3.8, 4) is 12.3 Å². The first-order chi connectivity index (χ1) is 12.0. The van der Waals surface area contributed by atoms with E-state index >= 15 is 0 Å². The summed E-state index contributed by atoms with van der Waals surface area (Å²) >= 11 is 0. The fourth-order valence-corrected chi connectivity index (χ4v) is 3.14. The minimum atomic E-state index is -1.60. The lowest BCUT2D eigenvalue weighted by Gasteiger charge is -2.11. The van der Waals surface area contributed by atoms with Gasteiger partial charge in [0.1, 0.15) is 6.61 Å². The van der Waals surface area contributed by atoms with Crippen molar-refractivity contribution in [1.82, 2.24) is 0 Å². The highest BCUT2D eigenvalue weighted by atomic mass is 19.2. The third kappa shape index (κ3) is 3.48. The SMILES string of the molecule is C#CCc1c(F)c(F)c(COC(=O)C2C(C=C(C)C)C2(C)C)c(F)c1F. The molecule has 6 heteroatoms. The van der Waals surface area contributed by atoms with Crippen LogP contribution < -0.4 is 0 Å². The van der Waals surface area contributed by atoms with Gasteiger partial charge in [-0.2, -0.15) is 0 Å². The predicted molar refractivity (Wildman–Crippen MR) is 88.8 cm³/mol. The predicted octanol–water partition coefficient (Wildman–Crippen LogP) is 4.70. The van der Waals surface area contributed by atoms with Crippen LogP contribution in [0.5, 0.6) is 0 Å². The van der Waals surface area contributed by atoms with E-state index in [1.807, 2.05) is 39.7 Å². The number of hydrogen-bond donors (Lipinski definition) is 0. The summed E-state index contributed by atoms with van der Waals surface area (Å²) < 4.78 is 60.8.